The van der Waals surface area contributed by atoms with Crippen molar-refractivity contribution in [2.45, 2.75) is 52.0 Å². The molecule has 94 valence electrons. The van der Waals surface area contributed by atoms with Crippen LogP contribution >= 0.6 is 0 Å². The highest BCUT2D eigenvalue weighted by Gasteiger charge is 2.21. The van der Waals surface area contributed by atoms with E-state index in [9.17, 15) is 0 Å². The molecule has 0 unspecified atom stereocenters. The number of aryl methyl sites for hydroxylation is 1. The van der Waals surface area contributed by atoms with Crippen molar-refractivity contribution in [3.63, 3.8) is 0 Å². The van der Waals surface area contributed by atoms with Gasteiger partial charge in [0.1, 0.15) is 0 Å². The van der Waals surface area contributed by atoms with Crippen LogP contribution in [0.2, 0.25) is 0 Å². The lowest BCUT2D eigenvalue weighted by Gasteiger charge is -2.36. The van der Waals surface area contributed by atoms with Crippen LogP contribution in [0.15, 0.2) is 18.2 Å². The van der Waals surface area contributed by atoms with E-state index in [0.29, 0.717) is 6.04 Å². The smallest absolute Gasteiger partial charge is 0.0604 e. The van der Waals surface area contributed by atoms with E-state index in [4.69, 9.17) is 5.73 Å². The molecule has 0 atom stereocenters. The summed E-state index contributed by atoms with van der Waals surface area (Å²) < 4.78 is 0. The Morgan fingerprint density at radius 2 is 1.94 bits per heavy atom. The Hall–Kier alpha value is -1.18. The molecule has 1 aromatic carbocycles. The highest BCUT2D eigenvalue weighted by atomic mass is 15.2. The molecule has 0 aromatic heterocycles. The van der Waals surface area contributed by atoms with E-state index >= 15 is 0 Å². The van der Waals surface area contributed by atoms with Crippen molar-refractivity contribution in [1.82, 2.24) is 0 Å². The first-order valence-corrected chi connectivity index (χ1v) is 6.85. The fourth-order valence-corrected chi connectivity index (χ4v) is 2.92. The van der Waals surface area contributed by atoms with Gasteiger partial charge in [-0.1, -0.05) is 25.3 Å². The molecule has 2 rings (SSSR count). The molecule has 17 heavy (non-hydrogen) atoms. The summed E-state index contributed by atoms with van der Waals surface area (Å²) in [5.74, 6) is 0. The minimum atomic E-state index is 0.692. The van der Waals surface area contributed by atoms with Crippen molar-refractivity contribution in [2.75, 3.05) is 17.2 Å². The summed E-state index contributed by atoms with van der Waals surface area (Å²) in [4.78, 5) is 2.50. The Balaban J connectivity index is 2.24. The van der Waals surface area contributed by atoms with Crippen molar-refractivity contribution in [3.8, 4) is 0 Å². The van der Waals surface area contributed by atoms with Crippen LogP contribution in [0.5, 0.6) is 0 Å². The van der Waals surface area contributed by atoms with Crippen molar-refractivity contribution in [2.24, 2.45) is 0 Å². The molecule has 0 bridgehead atoms. The predicted molar refractivity (Wildman–Crippen MR) is 75.5 cm³/mol. The monoisotopic (exact) mass is 232 g/mol. The molecule has 1 aromatic rings. The minimum absolute atomic E-state index is 0.692. The largest absolute Gasteiger partial charge is 0.397 e. The van der Waals surface area contributed by atoms with E-state index in [-0.39, 0.29) is 0 Å². The first-order valence-electron chi connectivity index (χ1n) is 6.85. The number of rotatable bonds is 3. The van der Waals surface area contributed by atoms with E-state index < -0.39 is 0 Å². The molecule has 0 radical (unpaired) electrons. The third-order valence-corrected chi connectivity index (χ3v) is 3.85. The zero-order valence-electron chi connectivity index (χ0n) is 11.1. The maximum atomic E-state index is 6.13. The van der Waals surface area contributed by atoms with E-state index in [1.165, 1.54) is 43.4 Å². The highest BCUT2D eigenvalue weighted by molar-refractivity contribution is 5.68. The number of anilines is 2. The molecule has 1 saturated carbocycles. The number of benzene rings is 1. The molecule has 0 saturated heterocycles. The quantitative estimate of drug-likeness (QED) is 0.804. The third-order valence-electron chi connectivity index (χ3n) is 3.85. The van der Waals surface area contributed by atoms with E-state index in [1.54, 1.807) is 0 Å². The Labute approximate surface area is 105 Å². The van der Waals surface area contributed by atoms with Gasteiger partial charge in [0.2, 0.25) is 0 Å². The van der Waals surface area contributed by atoms with E-state index in [1.807, 2.05) is 6.07 Å². The Morgan fingerprint density at radius 1 is 1.24 bits per heavy atom. The van der Waals surface area contributed by atoms with Gasteiger partial charge in [0.05, 0.1) is 11.4 Å². The Morgan fingerprint density at radius 3 is 2.59 bits per heavy atom. The summed E-state index contributed by atoms with van der Waals surface area (Å²) in [5, 5.41) is 0. The molecule has 0 heterocycles. The summed E-state index contributed by atoms with van der Waals surface area (Å²) >= 11 is 0. The van der Waals surface area contributed by atoms with Gasteiger partial charge in [0, 0.05) is 12.6 Å². The molecule has 2 heteroatoms. The Bertz CT molecular complexity index is 367. The number of nitrogens with zero attached hydrogens (tertiary/aromatic N) is 1. The predicted octanol–water partition coefficient (Wildman–Crippen LogP) is 3.74. The first-order chi connectivity index (χ1) is 8.22. The van der Waals surface area contributed by atoms with Crippen LogP contribution in [0.3, 0.4) is 0 Å². The van der Waals surface area contributed by atoms with Gasteiger partial charge in [-0.15, -0.1) is 0 Å². The lowest BCUT2D eigenvalue weighted by Crippen LogP contribution is -2.37. The normalized spacial score (nSPS) is 17.1. The number of hydrogen-bond acceptors (Lipinski definition) is 2. The zero-order chi connectivity index (χ0) is 12.3. The molecule has 2 N–H and O–H groups in total. The lowest BCUT2D eigenvalue weighted by molar-refractivity contribution is 0.418. The SMILES string of the molecule is CCN(c1cc(C)ccc1N)C1CCCCC1. The number of nitrogen functional groups attached to an aromatic ring is 1. The fraction of sp³-hybridized carbons (Fsp3) is 0.600. The molecule has 0 amide bonds. The number of nitrogens with two attached hydrogens (primary N) is 1. The summed E-state index contributed by atoms with van der Waals surface area (Å²) in [6.07, 6.45) is 6.78. The van der Waals surface area contributed by atoms with Crippen LogP contribution in [0.1, 0.15) is 44.6 Å². The molecule has 0 aliphatic heterocycles. The molecule has 0 spiro atoms. The summed E-state index contributed by atoms with van der Waals surface area (Å²) in [6, 6.07) is 7.05. The molecule has 1 fully saturated rings. The van der Waals surface area contributed by atoms with Crippen molar-refractivity contribution in [1.29, 1.82) is 0 Å². The van der Waals surface area contributed by atoms with Crippen LogP contribution in [0.4, 0.5) is 11.4 Å². The topological polar surface area (TPSA) is 29.3 Å². The summed E-state index contributed by atoms with van der Waals surface area (Å²) in [5.41, 5.74) is 9.58. The van der Waals surface area contributed by atoms with Crippen LogP contribution in [0, 0.1) is 6.92 Å². The van der Waals surface area contributed by atoms with Crippen molar-refractivity contribution < 1.29 is 0 Å². The molecule has 1 aliphatic carbocycles. The van der Waals surface area contributed by atoms with Gasteiger partial charge < -0.3 is 10.6 Å². The maximum absolute atomic E-state index is 6.13. The van der Waals surface area contributed by atoms with Gasteiger partial charge in [-0.2, -0.15) is 0 Å². The second-order valence-corrected chi connectivity index (χ2v) is 5.14. The highest BCUT2D eigenvalue weighted by Crippen LogP contribution is 2.31. The van der Waals surface area contributed by atoms with E-state index in [0.717, 1.165) is 12.2 Å². The zero-order valence-corrected chi connectivity index (χ0v) is 11.1. The van der Waals surface area contributed by atoms with Crippen LogP contribution in [-0.4, -0.2) is 12.6 Å². The molecular formula is C15H24N2. The molecule has 1 aliphatic rings. The second kappa shape index (κ2) is 5.44. The Kier molecular flexibility index (Phi) is 3.93. The number of hydrogen-bond donors (Lipinski definition) is 1. The van der Waals surface area contributed by atoms with E-state index in [2.05, 4.69) is 30.9 Å². The second-order valence-electron chi connectivity index (χ2n) is 5.14. The fourth-order valence-electron chi connectivity index (χ4n) is 2.92. The van der Waals surface area contributed by atoms with Gasteiger partial charge in [-0.05, 0) is 44.4 Å². The lowest BCUT2D eigenvalue weighted by atomic mass is 9.93. The standard InChI is InChI=1S/C15H24N2/c1-3-17(13-7-5-4-6-8-13)15-11-12(2)9-10-14(15)16/h9-11,13H,3-8,16H2,1-2H3. The van der Waals surface area contributed by atoms with Gasteiger partial charge >= 0.3 is 0 Å². The van der Waals surface area contributed by atoms with Gasteiger partial charge in [-0.25, -0.2) is 0 Å². The van der Waals surface area contributed by atoms with Gasteiger partial charge in [0.25, 0.3) is 0 Å². The van der Waals surface area contributed by atoms with Crippen molar-refractivity contribution in [3.05, 3.63) is 23.8 Å². The minimum Gasteiger partial charge on any atom is -0.397 e. The van der Waals surface area contributed by atoms with Crippen LogP contribution in [-0.2, 0) is 0 Å². The maximum Gasteiger partial charge on any atom is 0.0604 e. The summed E-state index contributed by atoms with van der Waals surface area (Å²) in [6.45, 7) is 5.42. The average Bonchev–Trinajstić information content (AvgIpc) is 2.36. The van der Waals surface area contributed by atoms with Gasteiger partial charge in [0.15, 0.2) is 0 Å². The van der Waals surface area contributed by atoms with Crippen LogP contribution < -0.4 is 10.6 Å². The van der Waals surface area contributed by atoms with Crippen molar-refractivity contribution >= 4 is 11.4 Å². The third kappa shape index (κ3) is 2.74. The first kappa shape index (κ1) is 12.3. The average molecular weight is 232 g/mol. The van der Waals surface area contributed by atoms with Gasteiger partial charge in [-0.3, -0.25) is 0 Å². The molecular weight excluding hydrogens is 208 g/mol. The molecule has 2 nitrogen and oxygen atoms in total. The summed E-state index contributed by atoms with van der Waals surface area (Å²) in [7, 11) is 0. The van der Waals surface area contributed by atoms with Crippen LogP contribution in [0.25, 0.3) is 0 Å².